The summed E-state index contributed by atoms with van der Waals surface area (Å²) < 4.78 is 16.8. The van der Waals surface area contributed by atoms with Gasteiger partial charge in [0.05, 0.1) is 53.0 Å². The maximum absolute atomic E-state index is 13.7. The van der Waals surface area contributed by atoms with Crippen molar-refractivity contribution in [2.75, 3.05) is 45.7 Å². The number of Topliss-reactive ketones (excluding diaryl/α,β-unsaturated/α-hetero) is 1. The number of carbonyl (C=O) groups excluding carboxylic acids is 3. The summed E-state index contributed by atoms with van der Waals surface area (Å²) >= 11 is 0. The van der Waals surface area contributed by atoms with Gasteiger partial charge in [0, 0.05) is 80.4 Å². The van der Waals surface area contributed by atoms with Gasteiger partial charge >= 0.3 is 5.97 Å². The third-order valence-electron chi connectivity index (χ3n) is 11.6. The van der Waals surface area contributed by atoms with Gasteiger partial charge in [0.2, 0.25) is 5.78 Å². The lowest BCUT2D eigenvalue weighted by atomic mass is 9.78. The van der Waals surface area contributed by atoms with E-state index in [0.29, 0.717) is 13.1 Å². The van der Waals surface area contributed by atoms with Crippen LogP contribution in [-0.2, 0) is 19.1 Å². The smallest absolute Gasteiger partial charge is 0.302 e. The number of aliphatic hydroxyl groups is 3. The number of phenolic OH excluding ortho intramolecular Hbond substituents is 3. The van der Waals surface area contributed by atoms with Gasteiger partial charge in [-0.2, -0.15) is 5.10 Å². The highest BCUT2D eigenvalue weighted by Crippen LogP contribution is 2.53. The van der Waals surface area contributed by atoms with E-state index >= 15 is 0 Å². The molecule has 0 unspecified atom stereocenters. The predicted octanol–water partition coefficient (Wildman–Crippen LogP) is 4.54. The molecule has 16 nitrogen and oxygen atoms in total. The Morgan fingerprint density at radius 3 is 2.17 bits per heavy atom. The van der Waals surface area contributed by atoms with E-state index < -0.39 is 89.1 Å². The number of fused-ring (bicyclic) bond motifs is 3. The van der Waals surface area contributed by atoms with Gasteiger partial charge in [0.15, 0.2) is 11.9 Å². The van der Waals surface area contributed by atoms with Gasteiger partial charge in [0.1, 0.15) is 23.4 Å². The number of amides is 1. The number of aliphatic hydroxyl groups excluding tert-OH is 3. The van der Waals surface area contributed by atoms with Crippen LogP contribution in [0, 0.1) is 30.6 Å². The zero-order valence-corrected chi connectivity index (χ0v) is 35.5. The van der Waals surface area contributed by atoms with E-state index in [9.17, 15) is 45.0 Å². The highest BCUT2D eigenvalue weighted by Gasteiger charge is 2.40. The van der Waals surface area contributed by atoms with Crippen LogP contribution < -0.4 is 10.1 Å². The van der Waals surface area contributed by atoms with Crippen molar-refractivity contribution in [1.82, 2.24) is 9.91 Å². The lowest BCUT2D eigenvalue weighted by Gasteiger charge is -2.37. The number of ketones is 1. The quantitative estimate of drug-likeness (QED) is 0.0235. The van der Waals surface area contributed by atoms with Crippen LogP contribution >= 0.6 is 0 Å². The maximum atomic E-state index is 13.7. The molecule has 0 bridgehead atoms. The monoisotopic (exact) mass is 824 g/mol. The van der Waals surface area contributed by atoms with Gasteiger partial charge in [-0.05, 0) is 33.9 Å². The SMILES string of the molecule is CO[C@H](/C=C/O)[C@H](C)[C@@H](OC(C)=O)[C@H](C)[C@H](O)[C@H](C)[C@@H](O)[C@@H](C)/C=C/C=C(/C)C(=O)Nc1c(/C=N/N2CCN(C)CC2)c(O)c2c3c(c(C)c(O)c2c1O)O[C@@H](C)C3=O. The number of phenols is 3. The van der Waals surface area contributed by atoms with Crippen molar-refractivity contribution < 1.29 is 59.2 Å². The second-order valence-electron chi connectivity index (χ2n) is 15.8. The maximum Gasteiger partial charge on any atom is 0.302 e. The summed E-state index contributed by atoms with van der Waals surface area (Å²) in [5.74, 6) is -5.41. The molecule has 4 rings (SSSR count). The number of anilines is 1. The van der Waals surface area contributed by atoms with E-state index in [0.717, 1.165) is 19.4 Å². The zero-order chi connectivity index (χ0) is 44.0. The number of aromatic hydroxyl groups is 3. The van der Waals surface area contributed by atoms with Gasteiger partial charge in [0.25, 0.3) is 5.91 Å². The average Bonchev–Trinajstić information content (AvgIpc) is 3.50. The normalized spacial score (nSPS) is 20.7. The van der Waals surface area contributed by atoms with E-state index in [-0.39, 0.29) is 44.5 Å². The van der Waals surface area contributed by atoms with Crippen molar-refractivity contribution in [2.24, 2.45) is 28.8 Å². The molecule has 59 heavy (non-hydrogen) atoms. The first-order valence-corrected chi connectivity index (χ1v) is 19.8. The number of carbonyl (C=O) groups is 3. The molecule has 2 aliphatic rings. The van der Waals surface area contributed by atoms with Gasteiger partial charge in [-0.1, -0.05) is 45.9 Å². The Morgan fingerprint density at radius 1 is 0.932 bits per heavy atom. The van der Waals surface area contributed by atoms with Crippen LogP contribution in [0.1, 0.15) is 70.0 Å². The standard InChI is InChI=1S/C43H60N4O12/c1-21(35(50)24(4)36(51)25(5)41(59-28(8)49)23(3)30(57-10)14-19-48)12-11-13-22(2)43(56)45-34-29(20-44-47-17-15-46(9)16-18-47)39(54)31-32(40(34)55)37(52)26(6)42-33(31)38(53)27(7)58-42/h11-14,19-21,23-25,27,30,35-36,41,48,50-52,54-55H,15-18H2,1-10H3,(H,45,56)/b12-11+,19-14+,22-13-,44-20+/t21-,23-,24+,25+,27-,30+,35-,36+,41+/m0/s1. The summed E-state index contributed by atoms with van der Waals surface area (Å²) in [7, 11) is 3.44. The van der Waals surface area contributed by atoms with Crippen molar-refractivity contribution in [2.45, 2.75) is 85.9 Å². The van der Waals surface area contributed by atoms with E-state index in [1.165, 1.54) is 46.2 Å². The number of hydrogen-bond acceptors (Lipinski definition) is 15. The number of hydrogen-bond donors (Lipinski definition) is 7. The number of rotatable bonds is 16. The number of nitrogens with one attached hydrogen (secondary N) is 1. The van der Waals surface area contributed by atoms with Crippen molar-refractivity contribution in [1.29, 1.82) is 0 Å². The summed E-state index contributed by atoms with van der Waals surface area (Å²) in [6.07, 6.45) is 3.76. The second kappa shape index (κ2) is 19.7. The predicted molar refractivity (Wildman–Crippen MR) is 223 cm³/mol. The van der Waals surface area contributed by atoms with Crippen molar-refractivity contribution in [3.05, 3.63) is 52.8 Å². The third kappa shape index (κ3) is 10.0. The van der Waals surface area contributed by atoms with Crippen molar-refractivity contribution in [3.8, 4) is 23.0 Å². The third-order valence-corrected chi connectivity index (χ3v) is 11.6. The average molecular weight is 825 g/mol. The molecular weight excluding hydrogens is 764 g/mol. The first-order valence-electron chi connectivity index (χ1n) is 19.8. The van der Waals surface area contributed by atoms with Gasteiger partial charge in [-0.25, -0.2) is 0 Å². The first kappa shape index (κ1) is 46.5. The lowest BCUT2D eigenvalue weighted by Crippen LogP contribution is -2.46. The molecule has 2 heterocycles. The fourth-order valence-electron chi connectivity index (χ4n) is 7.69. The van der Waals surface area contributed by atoms with Gasteiger partial charge in [-0.3, -0.25) is 19.4 Å². The number of esters is 1. The van der Waals surface area contributed by atoms with E-state index in [1.807, 2.05) is 7.05 Å². The van der Waals surface area contributed by atoms with Crippen LogP contribution in [0.3, 0.4) is 0 Å². The fourth-order valence-corrected chi connectivity index (χ4v) is 7.69. The van der Waals surface area contributed by atoms with Crippen molar-refractivity contribution >= 4 is 40.3 Å². The highest BCUT2D eigenvalue weighted by atomic mass is 16.5. The van der Waals surface area contributed by atoms with Crippen LogP contribution in [-0.4, -0.2) is 135 Å². The van der Waals surface area contributed by atoms with Crippen LogP contribution in [0.25, 0.3) is 10.8 Å². The molecular formula is C43H60N4O12. The van der Waals surface area contributed by atoms with Crippen molar-refractivity contribution in [3.63, 3.8) is 0 Å². The first-order chi connectivity index (χ1) is 27.8. The largest absolute Gasteiger partial charge is 0.516 e. The van der Waals surface area contributed by atoms with E-state index in [2.05, 4.69) is 15.3 Å². The molecule has 2 aromatic carbocycles. The number of piperazine rings is 1. The van der Waals surface area contributed by atoms with Crippen LogP contribution in [0.15, 0.2) is 41.2 Å². The minimum Gasteiger partial charge on any atom is -0.516 e. The molecule has 324 valence electrons. The number of benzene rings is 2. The van der Waals surface area contributed by atoms with Crippen LogP contribution in [0.2, 0.25) is 0 Å². The number of methoxy groups -OCH3 is 1. The topological polar surface area (TPSA) is 231 Å². The molecule has 1 fully saturated rings. The number of allylic oxidation sites excluding steroid dienone is 2. The lowest BCUT2D eigenvalue weighted by molar-refractivity contribution is -0.160. The number of ether oxygens (including phenoxy) is 3. The molecule has 1 saturated heterocycles. The highest BCUT2D eigenvalue weighted by molar-refractivity contribution is 6.23. The molecule has 2 aliphatic heterocycles. The van der Waals surface area contributed by atoms with Crippen LogP contribution in [0.5, 0.6) is 23.0 Å². The Hall–Kier alpha value is -5.16. The minimum absolute atomic E-state index is 0.00511. The summed E-state index contributed by atoms with van der Waals surface area (Å²) in [5, 5.41) is 75.3. The van der Waals surface area contributed by atoms with Crippen LogP contribution in [0.4, 0.5) is 5.69 Å². The Labute approximate surface area is 345 Å². The Morgan fingerprint density at radius 2 is 1.58 bits per heavy atom. The molecule has 1 amide bonds. The number of likely N-dealkylation sites (N-methyl/N-ethyl adjacent to an activating group) is 1. The van der Waals surface area contributed by atoms with E-state index in [1.54, 1.807) is 51.8 Å². The summed E-state index contributed by atoms with van der Waals surface area (Å²) in [4.78, 5) is 41.1. The summed E-state index contributed by atoms with van der Waals surface area (Å²) in [5.41, 5.74) is 0.0226. The summed E-state index contributed by atoms with van der Waals surface area (Å²) in [6, 6.07) is 0. The molecule has 0 saturated carbocycles. The summed E-state index contributed by atoms with van der Waals surface area (Å²) in [6.45, 7) is 15.4. The molecule has 9 atom stereocenters. The number of hydrazone groups is 1. The molecule has 0 aliphatic carbocycles. The minimum atomic E-state index is -1.12. The molecule has 2 aromatic rings. The zero-order valence-electron chi connectivity index (χ0n) is 35.5. The number of nitrogens with zero attached hydrogens (tertiary/aromatic N) is 3. The Kier molecular flexibility index (Phi) is 15.6. The van der Waals surface area contributed by atoms with E-state index in [4.69, 9.17) is 14.2 Å². The molecule has 0 spiro atoms. The second-order valence-corrected chi connectivity index (χ2v) is 15.8. The Balaban J connectivity index is 1.61. The van der Waals surface area contributed by atoms with Gasteiger partial charge in [-0.15, -0.1) is 0 Å². The molecule has 0 aromatic heterocycles. The molecule has 16 heteroatoms. The molecule has 7 N–H and O–H groups in total. The fraction of sp³-hybridized carbons (Fsp3) is 0.535. The van der Waals surface area contributed by atoms with Gasteiger partial charge < -0.3 is 55.1 Å². The molecule has 0 radical (unpaired) electrons. The Bertz CT molecular complexity index is 2000.